The minimum absolute atomic E-state index is 0.0422. The van der Waals surface area contributed by atoms with Gasteiger partial charge in [0.2, 0.25) is 11.8 Å². The van der Waals surface area contributed by atoms with Crippen molar-refractivity contribution in [2.75, 3.05) is 19.8 Å². The van der Waals surface area contributed by atoms with Gasteiger partial charge in [0.15, 0.2) is 31.1 Å². The zero-order valence-corrected chi connectivity index (χ0v) is 84.2. The van der Waals surface area contributed by atoms with Gasteiger partial charge in [-0.25, -0.2) is 9.13 Å². The minimum atomic E-state index is -5.80. The number of nitrogens with one attached hydrogen (secondary N) is 2. The summed E-state index contributed by atoms with van der Waals surface area (Å²) in [7, 11) is -11.5. The van der Waals surface area contributed by atoms with Crippen LogP contribution in [0.25, 0.3) is 0 Å². The van der Waals surface area contributed by atoms with Crippen LogP contribution in [0.5, 0.6) is 0 Å². The zero-order valence-electron chi connectivity index (χ0n) is 82.4. The Hall–Kier alpha value is -3.40. The van der Waals surface area contributed by atoms with E-state index >= 15 is 9.59 Å². The van der Waals surface area contributed by atoms with Crippen LogP contribution in [0.15, 0.2) is 0 Å². The third kappa shape index (κ3) is 59.2. The molecule has 31 nitrogen and oxygen atoms in total. The quantitative estimate of drug-likeness (QED) is 0.0116. The molecule has 0 radical (unpaired) electrons. The molecule has 0 aromatic heterocycles. The number of phosphoric acid groups is 2. The molecule has 0 aliphatic carbocycles. The molecule has 13 N–H and O–H groups in total. The maximum absolute atomic E-state index is 15.5. The zero-order chi connectivity index (χ0) is 96.8. The third-order valence-electron chi connectivity index (χ3n) is 25.6. The molecule has 3 heterocycles. The number of nitrogens with two attached hydrogens (primary N) is 1. The molecule has 3 aliphatic heterocycles. The van der Waals surface area contributed by atoms with Gasteiger partial charge in [-0.15, -0.1) is 0 Å². The Labute approximate surface area is 793 Å². The Balaban J connectivity index is 2.31. The van der Waals surface area contributed by atoms with E-state index in [2.05, 4.69) is 52.2 Å². The molecule has 0 aromatic carbocycles. The average Bonchev–Trinajstić information content (AvgIpc) is 0.794. The van der Waals surface area contributed by atoms with Crippen LogP contribution < -0.4 is 16.4 Å². The van der Waals surface area contributed by atoms with Crippen molar-refractivity contribution in [1.29, 1.82) is 0 Å². The van der Waals surface area contributed by atoms with Gasteiger partial charge in [0, 0.05) is 12.8 Å². The van der Waals surface area contributed by atoms with E-state index in [9.17, 15) is 73.6 Å². The van der Waals surface area contributed by atoms with Gasteiger partial charge < -0.3 is 99.6 Å². The summed E-state index contributed by atoms with van der Waals surface area (Å²) in [6, 6.07) is -5.17. The molecule has 3 aliphatic rings. The molecule has 3 rings (SSSR count). The van der Waals surface area contributed by atoms with Crippen LogP contribution in [0.1, 0.15) is 465 Å². The molecule has 19 atom stereocenters. The van der Waals surface area contributed by atoms with E-state index in [4.69, 9.17) is 57.2 Å². The second-order valence-electron chi connectivity index (χ2n) is 38.0. The SMILES string of the molecule is CCCCCCCCCCCCCC(=O)O[C@H](CCCCCCCCCCC)CC(=O)O[C@@H]1[C@@H](NC(=O)C[C@@H](CCCCCCCCCCC)OC(=O)CCCCCCCCCCC)[C@H](OC[C@H]2O[C@H](OP(=O)(O)O)[C@H](NC(=O)C[C@H](O)CCCCCCCCCCC)[C@@H](OC(=O)C[C@H](O)CCCCCCCCCCC)[C@@H]2O)O[C@H](CO)[C@H]1OP(=O)(O)O[C@H]1OC[C@H](N)[C@H](O)[C@H]1O. The van der Waals surface area contributed by atoms with Crippen molar-refractivity contribution in [1.82, 2.24) is 10.6 Å². The normalized spacial score (nSPS) is 23.1. The molecule has 3 saturated heterocycles. The van der Waals surface area contributed by atoms with E-state index in [1.54, 1.807) is 0 Å². The number of rotatable bonds is 86. The summed E-state index contributed by atoms with van der Waals surface area (Å²) >= 11 is 0. The fourth-order valence-corrected chi connectivity index (χ4v) is 19.2. The maximum atomic E-state index is 15.5. The van der Waals surface area contributed by atoms with E-state index in [-0.39, 0.29) is 38.5 Å². The second-order valence-corrected chi connectivity index (χ2v) is 40.5. The Kier molecular flexibility index (Phi) is 71.9. The largest absolute Gasteiger partial charge is 0.475 e. The summed E-state index contributed by atoms with van der Waals surface area (Å²) in [6.45, 7) is 10.2. The molecule has 33 heteroatoms. The smallest absolute Gasteiger partial charge is 0.462 e. The molecule has 0 saturated carbocycles. The van der Waals surface area contributed by atoms with Gasteiger partial charge in [-0.3, -0.25) is 42.3 Å². The van der Waals surface area contributed by atoms with Crippen LogP contribution in [0.4, 0.5) is 0 Å². The standard InChI is InChI=1S/C99H187N3O28P2/c1-7-13-19-25-31-37-38-44-50-56-62-68-86(109)123-79(66-60-54-48-42-35-29-23-17-11-5)72-88(111)127-96-90(102-84(107)71-78(65-59-53-47-41-34-28-22-16-10-4)122-85(108)67-61-55-49-43-36-30-24-18-12-6)97(124-81(73-103)94(96)128-132(118,119)130-99-93(114)91(112)80(100)74-120-99)121-75-82-92(113)95(126-87(110)70-77(105)64-58-52-46-40-33-27-21-15-9-3)89(98(125-82)129-131(115,116)117)101-83(106)69-76(104)63-57-51-45-39-32-26-20-14-8-2/h76-82,89-99,103-105,112-114H,7-75,100H2,1-6H3,(H,101,106)(H,102,107)(H,118,119)(H2,115,116,117)/t76-,77-,78-,79-,80+,81-,82-,89-,90-,91+,92-,93-,94-,95-,96-,97-,98-,99-/m1/s1. The summed E-state index contributed by atoms with van der Waals surface area (Å²) in [5.74, 6) is -5.25. The van der Waals surface area contributed by atoms with Crippen LogP contribution in [0, 0.1) is 0 Å². The van der Waals surface area contributed by atoms with Gasteiger partial charge in [0.25, 0.3) is 0 Å². The van der Waals surface area contributed by atoms with Crippen LogP contribution in [-0.4, -0.2) is 211 Å². The topological polar surface area (TPSA) is 470 Å². The number of unbranched alkanes of at least 4 members (excludes halogenated alkanes) is 50. The number of aliphatic hydroxyl groups excluding tert-OH is 6. The number of carbonyl (C=O) groups is 6. The van der Waals surface area contributed by atoms with Gasteiger partial charge >= 0.3 is 39.5 Å². The first-order chi connectivity index (χ1) is 63.6. The highest BCUT2D eigenvalue weighted by Gasteiger charge is 2.56. The second kappa shape index (κ2) is 77.4. The van der Waals surface area contributed by atoms with Gasteiger partial charge in [-0.1, -0.05) is 375 Å². The van der Waals surface area contributed by atoms with E-state index in [0.29, 0.717) is 38.5 Å². The van der Waals surface area contributed by atoms with E-state index < -0.39 is 207 Å². The lowest BCUT2D eigenvalue weighted by atomic mass is 9.95. The summed E-state index contributed by atoms with van der Waals surface area (Å²) < 4.78 is 93.9. The number of amides is 2. The number of aliphatic hydroxyl groups is 6. The molecule has 0 bridgehead atoms. The Morgan fingerprint density at radius 3 is 1.09 bits per heavy atom. The van der Waals surface area contributed by atoms with Crippen molar-refractivity contribution in [3.05, 3.63) is 0 Å². The Morgan fingerprint density at radius 1 is 0.364 bits per heavy atom. The predicted molar refractivity (Wildman–Crippen MR) is 509 cm³/mol. The van der Waals surface area contributed by atoms with Crippen molar-refractivity contribution in [2.24, 2.45) is 5.73 Å². The van der Waals surface area contributed by atoms with Crippen molar-refractivity contribution in [2.45, 2.75) is 576 Å². The lowest BCUT2D eigenvalue weighted by Crippen LogP contribution is -2.68. The van der Waals surface area contributed by atoms with E-state index in [1.165, 1.54) is 44.9 Å². The minimum Gasteiger partial charge on any atom is -0.462 e. The molecular formula is C99H187N3O28P2. The summed E-state index contributed by atoms with van der Waals surface area (Å²) in [5, 5.41) is 74.1. The summed E-state index contributed by atoms with van der Waals surface area (Å²) in [6.07, 6.45) is 25.9. The monoisotopic (exact) mass is 1930 g/mol. The average molecular weight is 1930 g/mol. The lowest BCUT2D eigenvalue weighted by molar-refractivity contribution is -0.297. The van der Waals surface area contributed by atoms with Crippen molar-refractivity contribution in [3.63, 3.8) is 0 Å². The fraction of sp³-hybridized carbons (Fsp3) is 0.939. The van der Waals surface area contributed by atoms with Crippen molar-refractivity contribution < 1.29 is 135 Å². The lowest BCUT2D eigenvalue weighted by Gasteiger charge is -2.47. The number of hydrogen-bond donors (Lipinski definition) is 12. The van der Waals surface area contributed by atoms with E-state index in [1.807, 2.05) is 0 Å². The van der Waals surface area contributed by atoms with Crippen molar-refractivity contribution in [3.8, 4) is 0 Å². The predicted octanol–water partition coefficient (Wildman–Crippen LogP) is 19.0. The molecule has 0 spiro atoms. The van der Waals surface area contributed by atoms with Gasteiger partial charge in [0.1, 0.15) is 60.9 Å². The summed E-state index contributed by atoms with van der Waals surface area (Å²) in [4.78, 5) is 121. The van der Waals surface area contributed by atoms with E-state index in [0.717, 1.165) is 276 Å². The Bertz CT molecular complexity index is 3000. The third-order valence-corrected chi connectivity index (χ3v) is 27.1. The maximum Gasteiger partial charge on any atom is 0.475 e. The number of esters is 4. The fourth-order valence-electron chi connectivity index (χ4n) is 17.6. The number of phosphoric ester groups is 2. The van der Waals surface area contributed by atoms with Crippen LogP contribution in [0.3, 0.4) is 0 Å². The molecule has 0 aromatic rings. The highest BCUT2D eigenvalue weighted by Crippen LogP contribution is 2.50. The number of ether oxygens (including phenoxy) is 8. The first kappa shape index (κ1) is 123. The van der Waals surface area contributed by atoms with Crippen LogP contribution in [0.2, 0.25) is 0 Å². The van der Waals surface area contributed by atoms with Gasteiger partial charge in [-0.05, 0) is 51.4 Å². The molecule has 132 heavy (non-hydrogen) atoms. The number of hydrogen-bond acceptors (Lipinski definition) is 26. The summed E-state index contributed by atoms with van der Waals surface area (Å²) in [5.41, 5.74) is 5.96. The van der Waals surface area contributed by atoms with Gasteiger partial charge in [-0.2, -0.15) is 0 Å². The number of carbonyl (C=O) groups excluding carboxylic acids is 6. The molecule has 776 valence electrons. The van der Waals surface area contributed by atoms with Crippen molar-refractivity contribution >= 4 is 51.3 Å². The van der Waals surface area contributed by atoms with Gasteiger partial charge in [0.05, 0.1) is 63.8 Å². The first-order valence-corrected chi connectivity index (χ1v) is 55.8. The highest BCUT2D eigenvalue weighted by atomic mass is 31.2. The molecular weight excluding hydrogens is 1740 g/mol. The Morgan fingerprint density at radius 2 is 0.697 bits per heavy atom. The first-order valence-electron chi connectivity index (χ1n) is 52.7. The molecule has 1 unspecified atom stereocenters. The molecule has 2 amide bonds. The van der Waals surface area contributed by atoms with Crippen LogP contribution in [-0.2, 0) is 89.4 Å². The highest BCUT2D eigenvalue weighted by molar-refractivity contribution is 7.47. The van der Waals surface area contributed by atoms with Crippen LogP contribution >= 0.6 is 15.6 Å². The molecule has 3 fully saturated rings.